The fraction of sp³-hybridized carbons (Fsp3) is 0.200. The van der Waals surface area contributed by atoms with Gasteiger partial charge in [-0.3, -0.25) is 0 Å². The molecule has 0 aliphatic carbocycles. The Balaban J connectivity index is 1.48. The second-order valence-corrected chi connectivity index (χ2v) is 6.16. The predicted molar refractivity (Wildman–Crippen MR) is 102 cm³/mol. The Kier molecular flexibility index (Phi) is 6.23. The van der Waals surface area contributed by atoms with Crippen LogP contribution in [0.25, 0.3) is 11.1 Å². The molecule has 0 saturated heterocycles. The van der Waals surface area contributed by atoms with Gasteiger partial charge in [-0.25, -0.2) is 9.78 Å². The summed E-state index contributed by atoms with van der Waals surface area (Å²) in [5.41, 5.74) is 1.93. The number of methoxy groups -OCH3 is 2. The Labute approximate surface area is 160 Å². The molecule has 0 amide bonds. The van der Waals surface area contributed by atoms with Crippen molar-refractivity contribution in [1.29, 1.82) is 0 Å². The summed E-state index contributed by atoms with van der Waals surface area (Å²) >= 11 is 1.39. The van der Waals surface area contributed by atoms with E-state index >= 15 is 0 Å². The summed E-state index contributed by atoms with van der Waals surface area (Å²) in [6.45, 7) is 0.00129. The van der Waals surface area contributed by atoms with Gasteiger partial charge in [-0.15, -0.1) is 0 Å². The number of fused-ring (bicyclic) bond motifs is 1. The first kappa shape index (κ1) is 18.7. The Bertz CT molecular complexity index is 969. The van der Waals surface area contributed by atoms with Crippen molar-refractivity contribution in [2.24, 2.45) is 0 Å². The van der Waals surface area contributed by atoms with Crippen LogP contribution in [0.5, 0.6) is 11.5 Å². The highest BCUT2D eigenvalue weighted by atomic mass is 32.2. The van der Waals surface area contributed by atoms with E-state index in [1.807, 2.05) is 24.3 Å². The Morgan fingerprint density at radius 2 is 1.93 bits per heavy atom. The minimum absolute atomic E-state index is 0.00129. The molecule has 0 aliphatic rings. The van der Waals surface area contributed by atoms with Crippen LogP contribution in [0, 0.1) is 11.8 Å². The molecule has 7 heteroatoms. The molecule has 0 unspecified atom stereocenters. The molecule has 3 aromatic rings. The van der Waals surface area contributed by atoms with Crippen LogP contribution in [-0.4, -0.2) is 37.5 Å². The predicted octanol–water partition coefficient (Wildman–Crippen LogP) is 3.80. The topological polar surface area (TPSA) is 70.8 Å². The lowest BCUT2D eigenvalue weighted by Crippen LogP contribution is -2.06. The van der Waals surface area contributed by atoms with E-state index in [9.17, 15) is 4.79 Å². The van der Waals surface area contributed by atoms with E-state index in [0.29, 0.717) is 28.0 Å². The van der Waals surface area contributed by atoms with E-state index < -0.39 is 5.97 Å². The molecule has 0 saturated carbocycles. The van der Waals surface area contributed by atoms with E-state index in [1.54, 1.807) is 18.2 Å². The monoisotopic (exact) mass is 383 g/mol. The van der Waals surface area contributed by atoms with E-state index in [4.69, 9.17) is 18.6 Å². The van der Waals surface area contributed by atoms with Crippen molar-refractivity contribution >= 4 is 28.8 Å². The highest BCUT2D eigenvalue weighted by molar-refractivity contribution is 7.99. The normalized spacial score (nSPS) is 10.1. The number of nitrogens with zero attached hydrogens (tertiary/aromatic N) is 1. The number of thioether (sulfide) groups is 1. The molecule has 1 aromatic heterocycles. The van der Waals surface area contributed by atoms with Crippen molar-refractivity contribution in [2.75, 3.05) is 26.6 Å². The van der Waals surface area contributed by atoms with Crippen LogP contribution in [0.15, 0.2) is 52.1 Å². The lowest BCUT2D eigenvalue weighted by atomic mass is 10.2. The van der Waals surface area contributed by atoms with E-state index in [2.05, 4.69) is 16.8 Å². The summed E-state index contributed by atoms with van der Waals surface area (Å²) < 4.78 is 21.0. The first-order valence-electron chi connectivity index (χ1n) is 8.04. The van der Waals surface area contributed by atoms with Crippen molar-refractivity contribution in [3.05, 3.63) is 48.0 Å². The van der Waals surface area contributed by atoms with Gasteiger partial charge >= 0.3 is 5.97 Å². The van der Waals surface area contributed by atoms with Gasteiger partial charge in [0.15, 0.2) is 23.7 Å². The van der Waals surface area contributed by atoms with Gasteiger partial charge in [-0.2, -0.15) is 0 Å². The smallest absolute Gasteiger partial charge is 0.339 e. The molecule has 3 rings (SSSR count). The van der Waals surface area contributed by atoms with Crippen LogP contribution in [0.1, 0.15) is 10.4 Å². The molecule has 27 heavy (non-hydrogen) atoms. The van der Waals surface area contributed by atoms with Gasteiger partial charge < -0.3 is 18.6 Å². The minimum atomic E-state index is -0.475. The molecule has 1 heterocycles. The molecule has 0 aliphatic heterocycles. The average Bonchev–Trinajstić information content (AvgIpc) is 3.12. The summed E-state index contributed by atoms with van der Waals surface area (Å²) in [5, 5.41) is 0.563. The summed E-state index contributed by atoms with van der Waals surface area (Å²) in [4.78, 5) is 16.4. The number of carbonyl (C=O) groups is 1. The maximum absolute atomic E-state index is 12.0. The largest absolute Gasteiger partial charge is 0.493 e. The van der Waals surface area contributed by atoms with Gasteiger partial charge in [0.25, 0.3) is 5.22 Å². The number of ether oxygens (including phenoxy) is 3. The SMILES string of the molecule is COc1ccc(C(=O)OCC#CCSc2nc3ccccc3o2)cc1OC. The van der Waals surface area contributed by atoms with E-state index in [1.165, 1.54) is 26.0 Å². The quantitative estimate of drug-likeness (QED) is 0.364. The lowest BCUT2D eigenvalue weighted by molar-refractivity contribution is 0.0556. The third-order valence-electron chi connectivity index (χ3n) is 3.56. The number of hydrogen-bond donors (Lipinski definition) is 0. The van der Waals surface area contributed by atoms with Gasteiger partial charge in [0.1, 0.15) is 5.52 Å². The summed E-state index contributed by atoms with van der Waals surface area (Å²) in [6.07, 6.45) is 0. The van der Waals surface area contributed by atoms with Gasteiger partial charge in [0, 0.05) is 0 Å². The zero-order chi connectivity index (χ0) is 19.1. The molecule has 0 fully saturated rings. The zero-order valence-corrected chi connectivity index (χ0v) is 15.7. The number of hydrogen-bond acceptors (Lipinski definition) is 7. The second-order valence-electron chi connectivity index (χ2n) is 5.24. The van der Waals surface area contributed by atoms with Crippen molar-refractivity contribution in [2.45, 2.75) is 5.22 Å². The zero-order valence-electron chi connectivity index (χ0n) is 14.9. The minimum Gasteiger partial charge on any atom is -0.493 e. The van der Waals surface area contributed by atoms with E-state index in [0.717, 1.165) is 11.1 Å². The number of rotatable bonds is 6. The second kappa shape index (κ2) is 9.01. The molecule has 2 aromatic carbocycles. The Morgan fingerprint density at radius 3 is 2.70 bits per heavy atom. The van der Waals surface area contributed by atoms with Gasteiger partial charge in [-0.05, 0) is 30.3 Å². The number of carbonyl (C=O) groups excluding carboxylic acids is 1. The van der Waals surface area contributed by atoms with Crippen molar-refractivity contribution in [3.63, 3.8) is 0 Å². The number of oxazole rings is 1. The molecule has 0 bridgehead atoms. The fourth-order valence-corrected chi connectivity index (χ4v) is 2.87. The number of esters is 1. The fourth-order valence-electron chi connectivity index (χ4n) is 2.26. The van der Waals surface area contributed by atoms with Crippen LogP contribution in [0.3, 0.4) is 0 Å². The lowest BCUT2D eigenvalue weighted by Gasteiger charge is -2.08. The van der Waals surface area contributed by atoms with Crippen LogP contribution in [0.2, 0.25) is 0 Å². The standard InChI is InChI=1S/C20H17NO5S/c1-23-17-10-9-14(13-18(17)24-2)19(22)25-11-5-6-12-27-20-21-15-7-3-4-8-16(15)26-20/h3-4,7-10,13H,11-12H2,1-2H3. The van der Waals surface area contributed by atoms with Crippen LogP contribution >= 0.6 is 11.8 Å². The average molecular weight is 383 g/mol. The van der Waals surface area contributed by atoms with Crippen LogP contribution in [0.4, 0.5) is 0 Å². The molecule has 0 atom stereocenters. The molecule has 6 nitrogen and oxygen atoms in total. The van der Waals surface area contributed by atoms with Crippen molar-refractivity contribution in [1.82, 2.24) is 4.98 Å². The van der Waals surface area contributed by atoms with Crippen molar-refractivity contribution in [3.8, 4) is 23.3 Å². The summed E-state index contributed by atoms with van der Waals surface area (Å²) in [7, 11) is 3.04. The van der Waals surface area contributed by atoms with Gasteiger partial charge in [0.05, 0.1) is 25.5 Å². The third-order valence-corrected chi connectivity index (χ3v) is 4.27. The maximum atomic E-state index is 12.0. The highest BCUT2D eigenvalue weighted by Crippen LogP contribution is 2.27. The van der Waals surface area contributed by atoms with Crippen molar-refractivity contribution < 1.29 is 23.4 Å². The molecule has 0 N–H and O–H groups in total. The van der Waals surface area contributed by atoms with Gasteiger partial charge in [-0.1, -0.05) is 35.7 Å². The first-order chi connectivity index (χ1) is 13.2. The maximum Gasteiger partial charge on any atom is 0.339 e. The molecule has 0 spiro atoms. The van der Waals surface area contributed by atoms with E-state index in [-0.39, 0.29) is 6.61 Å². The summed E-state index contributed by atoms with van der Waals surface area (Å²) in [6, 6.07) is 12.4. The third kappa shape index (κ3) is 4.74. The first-order valence-corrected chi connectivity index (χ1v) is 9.03. The number of para-hydroxylation sites is 2. The number of aromatic nitrogens is 1. The summed E-state index contributed by atoms with van der Waals surface area (Å²) in [5.74, 6) is 6.74. The molecule has 138 valence electrons. The number of benzene rings is 2. The molecular formula is C20H17NO5S. The van der Waals surface area contributed by atoms with Crippen LogP contribution in [-0.2, 0) is 4.74 Å². The Morgan fingerprint density at radius 1 is 1.11 bits per heavy atom. The molecule has 0 radical (unpaired) electrons. The highest BCUT2D eigenvalue weighted by Gasteiger charge is 2.11. The van der Waals surface area contributed by atoms with Gasteiger partial charge in [0.2, 0.25) is 0 Å². The molecular weight excluding hydrogens is 366 g/mol. The Hall–Kier alpha value is -3.11. The van der Waals surface area contributed by atoms with Crippen LogP contribution < -0.4 is 9.47 Å².